The largest absolute Gasteiger partial charge is 0.322 e. The van der Waals surface area contributed by atoms with E-state index >= 15 is 0 Å². The van der Waals surface area contributed by atoms with Gasteiger partial charge in [-0.3, -0.25) is 4.79 Å². The second kappa shape index (κ2) is 5.24. The first kappa shape index (κ1) is 14.0. The van der Waals surface area contributed by atoms with Gasteiger partial charge < -0.3 is 4.98 Å². The first-order valence-electron chi connectivity index (χ1n) is 8.06. The lowest BCUT2D eigenvalue weighted by molar-refractivity contribution is 0.743. The highest BCUT2D eigenvalue weighted by atomic mass is 16.1. The number of aromatic nitrogens is 1. The third-order valence-corrected chi connectivity index (χ3v) is 4.75. The van der Waals surface area contributed by atoms with Crippen molar-refractivity contribution in [3.05, 3.63) is 81.6 Å². The minimum absolute atomic E-state index is 0.0383. The first-order valence-corrected chi connectivity index (χ1v) is 8.06. The zero-order valence-corrected chi connectivity index (χ0v) is 13.4. The zero-order valence-electron chi connectivity index (χ0n) is 13.4. The average Bonchev–Trinajstić information content (AvgIpc) is 2.56. The molecule has 1 unspecified atom stereocenters. The van der Waals surface area contributed by atoms with Crippen molar-refractivity contribution < 1.29 is 0 Å². The molecule has 1 aliphatic rings. The number of fused-ring (bicyclic) bond motifs is 3. The number of hydrogen-bond acceptors (Lipinski definition) is 1. The monoisotopic (exact) mass is 301 g/mol. The maximum Gasteiger partial charge on any atom is 0.249 e. The Morgan fingerprint density at radius 1 is 1.00 bits per heavy atom. The molecule has 1 aromatic heterocycles. The molecule has 3 aromatic rings. The lowest BCUT2D eigenvalue weighted by atomic mass is 9.79. The smallest absolute Gasteiger partial charge is 0.249 e. The predicted molar refractivity (Wildman–Crippen MR) is 94.8 cm³/mol. The van der Waals surface area contributed by atoms with Crippen LogP contribution in [0.15, 0.2) is 59.4 Å². The summed E-state index contributed by atoms with van der Waals surface area (Å²) in [7, 11) is 0. The Morgan fingerprint density at radius 3 is 2.57 bits per heavy atom. The molecule has 114 valence electrons. The molecule has 2 nitrogen and oxygen atoms in total. The van der Waals surface area contributed by atoms with E-state index in [1.54, 1.807) is 6.07 Å². The van der Waals surface area contributed by atoms with E-state index in [-0.39, 0.29) is 5.56 Å². The second-order valence-electron chi connectivity index (χ2n) is 6.46. The molecule has 0 bridgehead atoms. The number of benzene rings is 2. The number of pyridine rings is 1. The van der Waals surface area contributed by atoms with Crippen molar-refractivity contribution in [1.29, 1.82) is 0 Å². The Bertz CT molecular complexity index is 938. The van der Waals surface area contributed by atoms with E-state index in [1.165, 1.54) is 22.3 Å². The summed E-state index contributed by atoms with van der Waals surface area (Å²) < 4.78 is 0. The molecule has 0 amide bonds. The van der Waals surface area contributed by atoms with E-state index in [1.807, 2.05) is 18.2 Å². The van der Waals surface area contributed by atoms with E-state index < -0.39 is 0 Å². The molecular weight excluding hydrogens is 282 g/mol. The molecule has 0 aliphatic heterocycles. The van der Waals surface area contributed by atoms with Crippen molar-refractivity contribution >= 4 is 0 Å². The van der Waals surface area contributed by atoms with Crippen LogP contribution >= 0.6 is 0 Å². The van der Waals surface area contributed by atoms with Crippen LogP contribution in [0.3, 0.4) is 0 Å². The molecule has 1 aliphatic carbocycles. The summed E-state index contributed by atoms with van der Waals surface area (Å²) in [5.41, 5.74) is 8.13. The van der Waals surface area contributed by atoms with E-state index in [9.17, 15) is 4.79 Å². The topological polar surface area (TPSA) is 32.9 Å². The fourth-order valence-electron chi connectivity index (χ4n) is 3.64. The third-order valence-electron chi connectivity index (χ3n) is 4.75. The molecule has 2 heteroatoms. The van der Waals surface area contributed by atoms with Crippen molar-refractivity contribution in [3.63, 3.8) is 0 Å². The van der Waals surface area contributed by atoms with Gasteiger partial charge in [0.1, 0.15) is 0 Å². The molecular formula is C21H19NO. The quantitative estimate of drug-likeness (QED) is 0.695. The van der Waals surface area contributed by atoms with Crippen molar-refractivity contribution in [2.24, 2.45) is 0 Å². The van der Waals surface area contributed by atoms with Crippen molar-refractivity contribution in [2.45, 2.75) is 26.2 Å². The van der Waals surface area contributed by atoms with Gasteiger partial charge in [0.2, 0.25) is 5.56 Å². The summed E-state index contributed by atoms with van der Waals surface area (Å²) in [5, 5.41) is 0. The molecule has 2 aromatic carbocycles. The molecule has 4 rings (SSSR count). The molecule has 1 N–H and O–H groups in total. The van der Waals surface area contributed by atoms with Crippen LogP contribution in [0.5, 0.6) is 0 Å². The van der Waals surface area contributed by atoms with Crippen LogP contribution in [0.2, 0.25) is 0 Å². The highest BCUT2D eigenvalue weighted by Gasteiger charge is 2.25. The van der Waals surface area contributed by atoms with Gasteiger partial charge in [-0.1, -0.05) is 61.0 Å². The molecule has 0 fully saturated rings. The number of hydrogen-bond donors (Lipinski definition) is 1. The van der Waals surface area contributed by atoms with Gasteiger partial charge in [-0.05, 0) is 41.5 Å². The van der Waals surface area contributed by atoms with Crippen molar-refractivity contribution in [1.82, 2.24) is 4.98 Å². The van der Waals surface area contributed by atoms with Gasteiger partial charge in [-0.15, -0.1) is 0 Å². The van der Waals surface area contributed by atoms with Crippen molar-refractivity contribution in [2.75, 3.05) is 0 Å². The summed E-state index contributed by atoms with van der Waals surface area (Å²) in [6.45, 7) is 4.38. The summed E-state index contributed by atoms with van der Waals surface area (Å²) in [6.07, 6.45) is 0.951. The Morgan fingerprint density at radius 2 is 1.78 bits per heavy atom. The fraction of sp³-hybridized carbons (Fsp3) is 0.190. The molecule has 0 spiro atoms. The number of rotatable bonds is 1. The van der Waals surface area contributed by atoms with Gasteiger partial charge in [0, 0.05) is 11.6 Å². The van der Waals surface area contributed by atoms with E-state index in [4.69, 9.17) is 0 Å². The average molecular weight is 301 g/mol. The Hall–Kier alpha value is -2.61. The number of aryl methyl sites for hydroxylation is 1. The van der Waals surface area contributed by atoms with Crippen LogP contribution in [0, 0.1) is 6.92 Å². The maximum atomic E-state index is 12.2. The normalized spacial score (nSPS) is 15.8. The van der Waals surface area contributed by atoms with Gasteiger partial charge in [0.05, 0.1) is 5.69 Å². The van der Waals surface area contributed by atoms with Crippen LogP contribution in [0.1, 0.15) is 29.5 Å². The summed E-state index contributed by atoms with van der Waals surface area (Å²) in [5.74, 6) is 0.450. The van der Waals surface area contributed by atoms with Crippen LogP contribution < -0.4 is 5.56 Å². The van der Waals surface area contributed by atoms with E-state index in [2.05, 4.69) is 49.2 Å². The summed E-state index contributed by atoms with van der Waals surface area (Å²) in [6, 6.07) is 18.4. The molecule has 0 saturated carbocycles. The van der Waals surface area contributed by atoms with Gasteiger partial charge in [-0.2, -0.15) is 0 Å². The lowest BCUT2D eigenvalue weighted by Gasteiger charge is -2.27. The maximum absolute atomic E-state index is 12.2. The molecule has 23 heavy (non-hydrogen) atoms. The van der Waals surface area contributed by atoms with Crippen LogP contribution in [0.25, 0.3) is 22.4 Å². The van der Waals surface area contributed by atoms with E-state index in [0.717, 1.165) is 23.2 Å². The van der Waals surface area contributed by atoms with Gasteiger partial charge >= 0.3 is 0 Å². The zero-order chi connectivity index (χ0) is 16.0. The molecule has 1 heterocycles. The second-order valence-corrected chi connectivity index (χ2v) is 6.46. The Labute approximate surface area is 135 Å². The molecule has 1 atom stereocenters. The Balaban J connectivity index is 2.02. The van der Waals surface area contributed by atoms with Crippen molar-refractivity contribution in [3.8, 4) is 22.4 Å². The number of aromatic amines is 1. The number of nitrogens with one attached hydrogen (secondary N) is 1. The Kier molecular flexibility index (Phi) is 3.19. The minimum atomic E-state index is -0.0383. The first-order chi connectivity index (χ1) is 11.1. The fourth-order valence-corrected chi connectivity index (χ4v) is 3.64. The highest BCUT2D eigenvalue weighted by molar-refractivity contribution is 5.79. The predicted octanol–water partition coefficient (Wildman–Crippen LogP) is 4.68. The minimum Gasteiger partial charge on any atom is -0.322 e. The SMILES string of the molecule is Cc1ccc2c(c1)C(C)Cc1c(-c3ccccc3)cc(=O)[nH]c1-2. The molecule has 0 radical (unpaired) electrons. The molecule has 0 saturated heterocycles. The number of H-pyrrole nitrogens is 1. The van der Waals surface area contributed by atoms with E-state index in [0.29, 0.717) is 5.92 Å². The van der Waals surface area contributed by atoms with Crippen LogP contribution in [-0.2, 0) is 6.42 Å². The van der Waals surface area contributed by atoms with Gasteiger partial charge in [0.15, 0.2) is 0 Å². The van der Waals surface area contributed by atoms with Crippen LogP contribution in [0.4, 0.5) is 0 Å². The van der Waals surface area contributed by atoms with Crippen LogP contribution in [-0.4, -0.2) is 4.98 Å². The summed E-state index contributed by atoms with van der Waals surface area (Å²) in [4.78, 5) is 15.3. The lowest BCUT2D eigenvalue weighted by Crippen LogP contribution is -2.17. The standard InChI is InChI=1S/C21H19NO/c1-13-8-9-16-17(10-13)14(2)11-19-18(12-20(23)22-21(16)19)15-6-4-3-5-7-15/h3-10,12,14H,11H2,1-2H3,(H,22,23). The highest BCUT2D eigenvalue weighted by Crippen LogP contribution is 2.41. The van der Waals surface area contributed by atoms with Gasteiger partial charge in [0.25, 0.3) is 0 Å². The summed E-state index contributed by atoms with van der Waals surface area (Å²) >= 11 is 0. The third kappa shape index (κ3) is 2.31. The van der Waals surface area contributed by atoms with Gasteiger partial charge in [-0.25, -0.2) is 0 Å².